The molecule has 2 aromatic carbocycles. The van der Waals surface area contributed by atoms with Crippen LogP contribution in [0.2, 0.25) is 15.1 Å². The summed E-state index contributed by atoms with van der Waals surface area (Å²) in [4.78, 5) is 0. The fourth-order valence-electron chi connectivity index (χ4n) is 2.08. The zero-order valence-electron chi connectivity index (χ0n) is 11.0. The molecule has 106 valence electrons. The summed E-state index contributed by atoms with van der Waals surface area (Å²) in [5, 5.41) is 2.08. The first-order valence-corrected chi connectivity index (χ1v) is 7.30. The van der Waals surface area contributed by atoms with Gasteiger partial charge in [0.1, 0.15) is 0 Å². The zero-order valence-corrected chi connectivity index (χ0v) is 13.2. The number of benzene rings is 2. The molecule has 3 N–H and O–H groups in total. The van der Waals surface area contributed by atoms with E-state index in [1.807, 2.05) is 31.2 Å². The topological polar surface area (TPSA) is 38.0 Å². The molecule has 5 heteroatoms. The fourth-order valence-corrected chi connectivity index (χ4v) is 2.58. The molecule has 0 heterocycles. The van der Waals surface area contributed by atoms with Crippen molar-refractivity contribution in [3.8, 4) is 0 Å². The predicted octanol–water partition coefficient (Wildman–Crippen LogP) is 4.70. The van der Waals surface area contributed by atoms with Gasteiger partial charge >= 0.3 is 0 Å². The van der Waals surface area contributed by atoms with E-state index in [9.17, 15) is 0 Å². The van der Waals surface area contributed by atoms with E-state index in [-0.39, 0.29) is 6.04 Å². The number of hydrogen-bond donors (Lipinski definition) is 2. The Bertz CT molecular complexity index is 614. The number of halogens is 3. The number of rotatable bonds is 4. The normalized spacial score (nSPS) is 12.4. The maximum Gasteiger partial charge on any atom is 0.0500 e. The highest BCUT2D eigenvalue weighted by Crippen LogP contribution is 2.27. The van der Waals surface area contributed by atoms with Crippen LogP contribution >= 0.6 is 34.8 Å². The average molecular weight is 330 g/mol. The minimum absolute atomic E-state index is 0.0538. The van der Waals surface area contributed by atoms with Gasteiger partial charge in [0, 0.05) is 15.1 Å². The summed E-state index contributed by atoms with van der Waals surface area (Å²) in [6.07, 6.45) is 0.650. The Kier molecular flexibility index (Phi) is 5.30. The molecular formula is C15H15Cl3N2. The van der Waals surface area contributed by atoms with Gasteiger partial charge in [0.2, 0.25) is 0 Å². The summed E-state index contributed by atoms with van der Waals surface area (Å²) in [6.45, 7) is 1.96. The van der Waals surface area contributed by atoms with E-state index in [1.54, 1.807) is 12.1 Å². The van der Waals surface area contributed by atoms with Gasteiger partial charge in [-0.25, -0.2) is 0 Å². The first-order valence-electron chi connectivity index (χ1n) is 6.17. The summed E-state index contributed by atoms with van der Waals surface area (Å²) in [5.41, 5.74) is 5.84. The van der Waals surface area contributed by atoms with Crippen LogP contribution in [0.1, 0.15) is 22.7 Å². The number of hydrazine groups is 1. The molecule has 0 aliphatic heterocycles. The third-order valence-corrected chi connectivity index (χ3v) is 4.25. The summed E-state index contributed by atoms with van der Waals surface area (Å²) in [7, 11) is 0. The smallest absolute Gasteiger partial charge is 0.0500 e. The monoisotopic (exact) mass is 328 g/mol. The molecule has 0 aliphatic rings. The van der Waals surface area contributed by atoms with E-state index in [0.29, 0.717) is 16.5 Å². The maximum atomic E-state index is 6.19. The van der Waals surface area contributed by atoms with Gasteiger partial charge in [0.25, 0.3) is 0 Å². The van der Waals surface area contributed by atoms with Gasteiger partial charge in [0.15, 0.2) is 0 Å². The van der Waals surface area contributed by atoms with Crippen LogP contribution in [0.5, 0.6) is 0 Å². The van der Waals surface area contributed by atoms with Gasteiger partial charge < -0.3 is 0 Å². The molecule has 0 saturated carbocycles. The van der Waals surface area contributed by atoms with Gasteiger partial charge in [-0.15, -0.1) is 0 Å². The van der Waals surface area contributed by atoms with Gasteiger partial charge in [-0.05, 0) is 54.3 Å². The Hall–Kier alpha value is -0.770. The van der Waals surface area contributed by atoms with Crippen molar-refractivity contribution in [3.63, 3.8) is 0 Å². The Morgan fingerprint density at radius 1 is 1.05 bits per heavy atom. The molecule has 2 rings (SSSR count). The Morgan fingerprint density at radius 3 is 2.40 bits per heavy atom. The van der Waals surface area contributed by atoms with Crippen LogP contribution in [-0.4, -0.2) is 0 Å². The van der Waals surface area contributed by atoms with Gasteiger partial charge in [-0.3, -0.25) is 11.3 Å². The van der Waals surface area contributed by atoms with Crippen molar-refractivity contribution >= 4 is 34.8 Å². The first kappa shape index (κ1) is 15.6. The molecule has 0 aliphatic carbocycles. The highest BCUT2D eigenvalue weighted by molar-refractivity contribution is 6.33. The second-order valence-electron chi connectivity index (χ2n) is 4.67. The van der Waals surface area contributed by atoms with Crippen LogP contribution < -0.4 is 11.3 Å². The Labute approximate surface area is 133 Å². The summed E-state index contributed by atoms with van der Waals surface area (Å²) in [5.74, 6) is 5.67. The molecule has 0 bridgehead atoms. The predicted molar refractivity (Wildman–Crippen MR) is 86.4 cm³/mol. The third kappa shape index (κ3) is 3.66. The van der Waals surface area contributed by atoms with Crippen LogP contribution in [0.4, 0.5) is 0 Å². The van der Waals surface area contributed by atoms with Crippen molar-refractivity contribution in [1.29, 1.82) is 0 Å². The van der Waals surface area contributed by atoms with Crippen LogP contribution in [0, 0.1) is 6.92 Å². The molecule has 20 heavy (non-hydrogen) atoms. The van der Waals surface area contributed by atoms with E-state index >= 15 is 0 Å². The minimum Gasteiger partial charge on any atom is -0.271 e. The third-order valence-electron chi connectivity index (χ3n) is 3.22. The van der Waals surface area contributed by atoms with Crippen LogP contribution in [0.3, 0.4) is 0 Å². The number of hydrogen-bond acceptors (Lipinski definition) is 2. The lowest BCUT2D eigenvalue weighted by atomic mass is 9.98. The summed E-state index contributed by atoms with van der Waals surface area (Å²) >= 11 is 18.2. The van der Waals surface area contributed by atoms with E-state index in [0.717, 1.165) is 21.7 Å². The van der Waals surface area contributed by atoms with Crippen molar-refractivity contribution in [1.82, 2.24) is 5.43 Å². The molecule has 2 nitrogen and oxygen atoms in total. The summed E-state index contributed by atoms with van der Waals surface area (Å²) < 4.78 is 0. The Morgan fingerprint density at radius 2 is 1.75 bits per heavy atom. The molecule has 0 fully saturated rings. The van der Waals surface area contributed by atoms with Crippen LogP contribution in [0.25, 0.3) is 0 Å². The van der Waals surface area contributed by atoms with Crippen molar-refractivity contribution < 1.29 is 0 Å². The van der Waals surface area contributed by atoms with Crippen molar-refractivity contribution in [2.45, 2.75) is 19.4 Å². The molecule has 0 spiro atoms. The molecule has 0 amide bonds. The van der Waals surface area contributed by atoms with Crippen molar-refractivity contribution in [2.24, 2.45) is 5.84 Å². The van der Waals surface area contributed by atoms with E-state index in [1.165, 1.54) is 0 Å². The number of nitrogens with two attached hydrogens (primary N) is 1. The molecule has 1 atom stereocenters. The first-order chi connectivity index (χ1) is 9.51. The van der Waals surface area contributed by atoms with Crippen LogP contribution in [0.15, 0.2) is 36.4 Å². The van der Waals surface area contributed by atoms with Gasteiger partial charge in [0.05, 0.1) is 6.04 Å². The highest BCUT2D eigenvalue weighted by atomic mass is 35.5. The lowest BCUT2D eigenvalue weighted by Gasteiger charge is -2.18. The van der Waals surface area contributed by atoms with E-state index < -0.39 is 0 Å². The minimum atomic E-state index is -0.0538. The second-order valence-corrected chi connectivity index (χ2v) is 5.92. The molecule has 2 aromatic rings. The quantitative estimate of drug-likeness (QED) is 0.630. The van der Waals surface area contributed by atoms with Crippen molar-refractivity contribution in [2.75, 3.05) is 0 Å². The number of nitrogens with one attached hydrogen (secondary N) is 1. The molecule has 0 radical (unpaired) electrons. The average Bonchev–Trinajstić information content (AvgIpc) is 2.43. The fraction of sp³-hybridized carbons (Fsp3) is 0.200. The lowest BCUT2D eigenvalue weighted by molar-refractivity contribution is 0.552. The molecule has 1 unspecified atom stereocenters. The van der Waals surface area contributed by atoms with E-state index in [4.69, 9.17) is 40.6 Å². The van der Waals surface area contributed by atoms with Crippen LogP contribution in [-0.2, 0) is 6.42 Å². The largest absolute Gasteiger partial charge is 0.271 e. The van der Waals surface area contributed by atoms with Crippen molar-refractivity contribution in [3.05, 3.63) is 68.2 Å². The lowest BCUT2D eigenvalue weighted by Crippen LogP contribution is -2.29. The second kappa shape index (κ2) is 6.79. The van der Waals surface area contributed by atoms with Gasteiger partial charge in [-0.2, -0.15) is 0 Å². The number of aryl methyl sites for hydroxylation is 1. The SMILES string of the molecule is Cc1cc(C(Cc2cc(Cl)ccc2Cl)NN)ccc1Cl. The summed E-state index contributed by atoms with van der Waals surface area (Å²) in [6, 6.07) is 11.2. The zero-order chi connectivity index (χ0) is 14.7. The Balaban J connectivity index is 2.28. The van der Waals surface area contributed by atoms with Gasteiger partial charge in [-0.1, -0.05) is 46.9 Å². The maximum absolute atomic E-state index is 6.19. The van der Waals surface area contributed by atoms with E-state index in [2.05, 4.69) is 5.43 Å². The molecule has 0 saturated heterocycles. The standard InChI is InChI=1S/C15H15Cl3N2/c1-9-6-10(2-4-13(9)17)15(20-19)8-11-7-12(16)3-5-14(11)18/h2-7,15,20H,8,19H2,1H3. The molecule has 0 aromatic heterocycles. The molecular weight excluding hydrogens is 315 g/mol. The highest BCUT2D eigenvalue weighted by Gasteiger charge is 2.14.